The number of pyridine rings is 1. The number of nitriles is 1. The van der Waals surface area contributed by atoms with Crippen molar-refractivity contribution in [3.63, 3.8) is 0 Å². The van der Waals surface area contributed by atoms with Gasteiger partial charge in [0, 0.05) is 37.3 Å². The highest BCUT2D eigenvalue weighted by atomic mass is 16.4. The zero-order chi connectivity index (χ0) is 16.1. The van der Waals surface area contributed by atoms with Crippen molar-refractivity contribution < 1.29 is 9.90 Å². The van der Waals surface area contributed by atoms with Gasteiger partial charge in [0.05, 0.1) is 6.07 Å². The number of carboxylic acids is 1. The summed E-state index contributed by atoms with van der Waals surface area (Å²) in [4.78, 5) is 24.7. The fourth-order valence-corrected chi connectivity index (χ4v) is 2.31. The molecular formula is C16H17N3O3. The van der Waals surface area contributed by atoms with Crippen LogP contribution >= 0.6 is 0 Å². The smallest absolute Gasteiger partial charge is 0.323 e. The first kappa shape index (κ1) is 15.6. The lowest BCUT2D eigenvalue weighted by Gasteiger charge is -2.17. The van der Waals surface area contributed by atoms with Gasteiger partial charge in [-0.15, -0.1) is 0 Å². The summed E-state index contributed by atoms with van der Waals surface area (Å²) in [5, 5.41) is 18.7. The Bertz CT molecular complexity index is 789. The molecule has 1 aromatic heterocycles. The molecule has 1 N–H and O–H groups in total. The van der Waals surface area contributed by atoms with Crippen LogP contribution in [0.3, 0.4) is 0 Å². The number of carbonyl (C=O) groups is 1. The molecule has 0 saturated heterocycles. The number of aryl methyl sites for hydroxylation is 1. The maximum absolute atomic E-state index is 12.4. The van der Waals surface area contributed by atoms with E-state index in [1.807, 2.05) is 6.07 Å². The van der Waals surface area contributed by atoms with Crippen LogP contribution in [0, 0.1) is 11.3 Å². The molecule has 2 rings (SSSR count). The summed E-state index contributed by atoms with van der Waals surface area (Å²) >= 11 is 0. The lowest BCUT2D eigenvalue weighted by Crippen LogP contribution is -2.25. The van der Waals surface area contributed by atoms with Crippen LogP contribution in [0.15, 0.2) is 35.3 Å². The molecule has 0 aliphatic carbocycles. The van der Waals surface area contributed by atoms with Crippen molar-refractivity contribution in [3.8, 4) is 6.07 Å². The molecule has 1 heterocycles. The molecule has 6 heteroatoms. The summed E-state index contributed by atoms with van der Waals surface area (Å²) in [6.45, 7) is 0.416. The van der Waals surface area contributed by atoms with E-state index in [0.29, 0.717) is 24.8 Å². The standard InChI is InChI=1S/C16H17N3O3/c1-18(11-15(20)21)13-4-5-14-12(10-13)6-9-19(16(14)22)8-3-2-7-17/h4-6,9-10H,2-3,8,11H2,1H3,(H,20,21). The zero-order valence-corrected chi connectivity index (χ0v) is 12.3. The summed E-state index contributed by atoms with van der Waals surface area (Å²) in [5.74, 6) is -0.907. The molecule has 0 saturated carbocycles. The second-order valence-corrected chi connectivity index (χ2v) is 5.10. The minimum absolute atomic E-state index is 0.0946. The summed E-state index contributed by atoms with van der Waals surface area (Å²) in [5.41, 5.74) is 0.652. The number of likely N-dealkylation sites (N-methyl/N-ethyl adjacent to an activating group) is 1. The fourth-order valence-electron chi connectivity index (χ4n) is 2.31. The monoisotopic (exact) mass is 299 g/mol. The second kappa shape index (κ2) is 6.76. The number of hydrogen-bond acceptors (Lipinski definition) is 4. The van der Waals surface area contributed by atoms with Crippen LogP contribution in [0.25, 0.3) is 10.8 Å². The van der Waals surface area contributed by atoms with Gasteiger partial charge in [0.2, 0.25) is 0 Å². The van der Waals surface area contributed by atoms with Gasteiger partial charge in [0.25, 0.3) is 5.56 Å². The highest BCUT2D eigenvalue weighted by molar-refractivity contribution is 5.85. The molecule has 0 aliphatic heterocycles. The molecule has 2 aromatic rings. The Morgan fingerprint density at radius 2 is 2.18 bits per heavy atom. The van der Waals surface area contributed by atoms with Crippen molar-refractivity contribution in [1.82, 2.24) is 4.57 Å². The van der Waals surface area contributed by atoms with Crippen molar-refractivity contribution in [3.05, 3.63) is 40.8 Å². The third-order valence-electron chi connectivity index (χ3n) is 3.46. The molecule has 0 spiro atoms. The summed E-state index contributed by atoms with van der Waals surface area (Å²) in [7, 11) is 1.69. The Labute approximate surface area is 127 Å². The topological polar surface area (TPSA) is 86.3 Å². The number of nitrogens with zero attached hydrogens (tertiary/aromatic N) is 3. The molecule has 0 fully saturated rings. The van der Waals surface area contributed by atoms with Crippen molar-refractivity contribution in [1.29, 1.82) is 5.26 Å². The molecule has 6 nitrogen and oxygen atoms in total. The molecule has 0 bridgehead atoms. The SMILES string of the molecule is CN(CC(=O)O)c1ccc2c(=O)n(CCCC#N)ccc2c1. The molecule has 0 unspecified atom stereocenters. The number of rotatable bonds is 6. The fraction of sp³-hybridized carbons (Fsp3) is 0.312. The molecule has 22 heavy (non-hydrogen) atoms. The van der Waals surface area contributed by atoms with Gasteiger partial charge in [-0.05, 0) is 36.1 Å². The minimum atomic E-state index is -0.907. The molecule has 1 aromatic carbocycles. The Kier molecular flexibility index (Phi) is 4.79. The lowest BCUT2D eigenvalue weighted by molar-refractivity contribution is -0.135. The van der Waals surface area contributed by atoms with E-state index >= 15 is 0 Å². The molecule has 0 amide bonds. The molecule has 0 aliphatic rings. The predicted molar refractivity (Wildman–Crippen MR) is 84.0 cm³/mol. The number of hydrogen-bond donors (Lipinski definition) is 1. The van der Waals surface area contributed by atoms with Crippen LogP contribution < -0.4 is 10.5 Å². The van der Waals surface area contributed by atoms with Gasteiger partial charge in [0.1, 0.15) is 6.54 Å². The van der Waals surface area contributed by atoms with E-state index in [0.717, 1.165) is 11.1 Å². The van der Waals surface area contributed by atoms with E-state index in [1.54, 1.807) is 40.9 Å². The average molecular weight is 299 g/mol. The van der Waals surface area contributed by atoms with E-state index in [2.05, 4.69) is 6.07 Å². The Balaban J connectivity index is 2.32. The summed E-state index contributed by atoms with van der Waals surface area (Å²) in [6, 6.07) is 9.16. The van der Waals surface area contributed by atoms with Gasteiger partial charge in [-0.2, -0.15) is 5.26 Å². The number of fused-ring (bicyclic) bond motifs is 1. The van der Waals surface area contributed by atoms with E-state index in [9.17, 15) is 9.59 Å². The van der Waals surface area contributed by atoms with Crippen molar-refractivity contribution in [2.45, 2.75) is 19.4 Å². The predicted octanol–water partition coefficient (Wildman–Crippen LogP) is 1.83. The molecular weight excluding hydrogens is 282 g/mol. The maximum Gasteiger partial charge on any atom is 0.323 e. The Morgan fingerprint density at radius 1 is 1.41 bits per heavy atom. The largest absolute Gasteiger partial charge is 0.480 e. The van der Waals surface area contributed by atoms with Crippen molar-refractivity contribution in [2.75, 3.05) is 18.5 Å². The number of anilines is 1. The maximum atomic E-state index is 12.4. The second-order valence-electron chi connectivity index (χ2n) is 5.10. The third kappa shape index (κ3) is 3.44. The Hall–Kier alpha value is -2.81. The van der Waals surface area contributed by atoms with Gasteiger partial charge < -0.3 is 14.6 Å². The van der Waals surface area contributed by atoms with Crippen LogP contribution in [0.2, 0.25) is 0 Å². The normalized spacial score (nSPS) is 10.4. The lowest BCUT2D eigenvalue weighted by atomic mass is 10.1. The number of unbranched alkanes of at least 4 members (excludes halogenated alkanes) is 1. The molecule has 0 atom stereocenters. The zero-order valence-electron chi connectivity index (χ0n) is 12.3. The van der Waals surface area contributed by atoms with E-state index in [-0.39, 0.29) is 12.1 Å². The summed E-state index contributed by atoms with van der Waals surface area (Å²) in [6.07, 6.45) is 2.77. The van der Waals surface area contributed by atoms with Crippen LogP contribution in [-0.2, 0) is 11.3 Å². The quantitative estimate of drug-likeness (QED) is 0.822. The number of aliphatic carboxylic acids is 1. The van der Waals surface area contributed by atoms with Gasteiger partial charge in [-0.3, -0.25) is 9.59 Å². The van der Waals surface area contributed by atoms with Gasteiger partial charge in [-0.1, -0.05) is 0 Å². The molecule has 0 radical (unpaired) electrons. The average Bonchev–Trinajstić information content (AvgIpc) is 2.48. The minimum Gasteiger partial charge on any atom is -0.480 e. The van der Waals surface area contributed by atoms with Crippen LogP contribution in [0.5, 0.6) is 0 Å². The van der Waals surface area contributed by atoms with E-state index in [1.165, 1.54) is 0 Å². The third-order valence-corrected chi connectivity index (χ3v) is 3.46. The molecule has 114 valence electrons. The van der Waals surface area contributed by atoms with Gasteiger partial charge in [0.15, 0.2) is 0 Å². The first-order valence-electron chi connectivity index (χ1n) is 6.96. The number of benzene rings is 1. The van der Waals surface area contributed by atoms with Crippen LogP contribution in [0.1, 0.15) is 12.8 Å². The number of aromatic nitrogens is 1. The summed E-state index contributed by atoms with van der Waals surface area (Å²) < 4.78 is 1.60. The van der Waals surface area contributed by atoms with Crippen LogP contribution in [0.4, 0.5) is 5.69 Å². The van der Waals surface area contributed by atoms with Gasteiger partial charge >= 0.3 is 5.97 Å². The highest BCUT2D eigenvalue weighted by Crippen LogP contribution is 2.19. The first-order chi connectivity index (χ1) is 10.5. The highest BCUT2D eigenvalue weighted by Gasteiger charge is 2.08. The van der Waals surface area contributed by atoms with Crippen LogP contribution in [-0.4, -0.2) is 29.2 Å². The van der Waals surface area contributed by atoms with Crippen molar-refractivity contribution in [2.24, 2.45) is 0 Å². The number of carboxylic acid groups (broad SMARTS) is 1. The Morgan fingerprint density at radius 3 is 2.86 bits per heavy atom. The van der Waals surface area contributed by atoms with Gasteiger partial charge in [-0.25, -0.2) is 0 Å². The van der Waals surface area contributed by atoms with E-state index in [4.69, 9.17) is 10.4 Å². The first-order valence-corrected chi connectivity index (χ1v) is 6.96. The van der Waals surface area contributed by atoms with E-state index < -0.39 is 5.97 Å². The van der Waals surface area contributed by atoms with Crippen molar-refractivity contribution >= 4 is 22.4 Å².